The number of hydrogen-bond acceptors (Lipinski definition) is 5. The van der Waals surface area contributed by atoms with Crippen LogP contribution in [0.15, 0.2) is 66.1 Å². The fourth-order valence-corrected chi connectivity index (χ4v) is 3.23. The zero-order chi connectivity index (χ0) is 24.8. The van der Waals surface area contributed by atoms with E-state index in [9.17, 15) is 9.59 Å². The molecule has 1 fully saturated rings. The van der Waals surface area contributed by atoms with E-state index in [1.54, 1.807) is 0 Å². The highest BCUT2D eigenvalue weighted by Gasteiger charge is 2.52. The van der Waals surface area contributed by atoms with Crippen molar-refractivity contribution in [3.05, 3.63) is 82.8 Å². The normalized spacial score (nSPS) is 17.1. The lowest BCUT2D eigenvalue weighted by Gasteiger charge is -2.32. The van der Waals surface area contributed by atoms with Crippen LogP contribution in [0.25, 0.3) is 12.2 Å². The molecule has 1 heterocycles. The summed E-state index contributed by atoms with van der Waals surface area (Å²) in [7, 11) is -0.647. The van der Waals surface area contributed by atoms with Crippen molar-refractivity contribution in [3.63, 3.8) is 0 Å². The summed E-state index contributed by atoms with van der Waals surface area (Å²) in [4.78, 5) is 23.0. The molecule has 0 spiro atoms. The van der Waals surface area contributed by atoms with Crippen molar-refractivity contribution in [3.8, 4) is 0 Å². The maximum Gasteiger partial charge on any atom is 0.492 e. The van der Waals surface area contributed by atoms with Crippen molar-refractivity contribution in [2.75, 3.05) is 6.54 Å². The summed E-state index contributed by atoms with van der Waals surface area (Å²) < 4.78 is 17.7. The molecule has 1 aliphatic heterocycles. The number of amides is 1. The highest BCUT2D eigenvalue weighted by molar-refractivity contribution is 6.56. The molecule has 0 atom stereocenters. The van der Waals surface area contributed by atoms with Gasteiger partial charge >= 0.3 is 19.2 Å². The topological polar surface area (TPSA) is 94.1 Å². The molecule has 34 heavy (non-hydrogen) atoms. The van der Waals surface area contributed by atoms with Crippen molar-refractivity contribution < 1.29 is 28.7 Å². The third-order valence-electron chi connectivity index (χ3n) is 5.91. The number of carboxylic acid groups (broad SMARTS) is 1. The standard InChI is InChI=1S/C26H30BNO6/c1-25(2)26(3,4)34-27(33-25)22(16-20-12-10-19(11-13-20)14-15-23(29)30)17-28-24(31)32-18-21-8-6-5-7-9-21/h5-16H,17-18H2,1-4H3,(H,28,31)(H,29,30)/b15-14+,22-16?. The minimum Gasteiger partial charge on any atom is -0.478 e. The molecule has 0 bridgehead atoms. The van der Waals surface area contributed by atoms with Gasteiger partial charge in [-0.15, -0.1) is 0 Å². The van der Waals surface area contributed by atoms with Gasteiger partial charge in [0.05, 0.1) is 11.2 Å². The highest BCUT2D eigenvalue weighted by Crippen LogP contribution is 2.38. The van der Waals surface area contributed by atoms with Crippen LogP contribution in [0.5, 0.6) is 0 Å². The van der Waals surface area contributed by atoms with Gasteiger partial charge in [0.15, 0.2) is 0 Å². The first-order chi connectivity index (χ1) is 16.1. The van der Waals surface area contributed by atoms with Gasteiger partial charge in [-0.3, -0.25) is 0 Å². The van der Waals surface area contributed by atoms with E-state index >= 15 is 0 Å². The number of benzene rings is 2. The zero-order valence-corrected chi connectivity index (χ0v) is 19.9. The Balaban J connectivity index is 1.73. The first kappa shape index (κ1) is 25.3. The van der Waals surface area contributed by atoms with E-state index in [2.05, 4.69) is 5.32 Å². The summed E-state index contributed by atoms with van der Waals surface area (Å²) >= 11 is 0. The summed E-state index contributed by atoms with van der Waals surface area (Å²) in [6.07, 6.45) is 3.96. The molecule has 0 saturated carbocycles. The quantitative estimate of drug-likeness (QED) is 0.435. The molecule has 3 rings (SSSR count). The number of carbonyl (C=O) groups is 2. The van der Waals surface area contributed by atoms with E-state index in [1.165, 1.54) is 6.08 Å². The first-order valence-corrected chi connectivity index (χ1v) is 11.1. The average molecular weight is 463 g/mol. The summed E-state index contributed by atoms with van der Waals surface area (Å²) in [6.45, 7) is 8.22. The smallest absolute Gasteiger partial charge is 0.478 e. The van der Waals surface area contributed by atoms with E-state index in [-0.39, 0.29) is 13.2 Å². The number of nitrogens with one attached hydrogen (secondary N) is 1. The van der Waals surface area contributed by atoms with Crippen LogP contribution in [-0.2, 0) is 25.4 Å². The van der Waals surface area contributed by atoms with Gasteiger partial charge in [0, 0.05) is 12.6 Å². The average Bonchev–Trinajstić information content (AvgIpc) is 3.02. The molecule has 1 amide bonds. The minimum absolute atomic E-state index is 0.172. The number of hydrogen-bond donors (Lipinski definition) is 2. The predicted molar refractivity (Wildman–Crippen MR) is 132 cm³/mol. The second kappa shape index (κ2) is 10.7. The van der Waals surface area contributed by atoms with Crippen molar-refractivity contribution in [1.29, 1.82) is 0 Å². The zero-order valence-electron chi connectivity index (χ0n) is 19.9. The second-order valence-corrected chi connectivity index (χ2v) is 9.06. The fourth-order valence-electron chi connectivity index (χ4n) is 3.23. The van der Waals surface area contributed by atoms with Gasteiger partial charge < -0.3 is 24.5 Å². The lowest BCUT2D eigenvalue weighted by atomic mass is 9.77. The van der Waals surface area contributed by atoms with Crippen LogP contribution < -0.4 is 5.32 Å². The molecule has 7 nitrogen and oxygen atoms in total. The molecule has 1 aliphatic rings. The molecule has 0 aliphatic carbocycles. The van der Waals surface area contributed by atoms with Crippen LogP contribution in [-0.4, -0.2) is 42.0 Å². The Morgan fingerprint density at radius 2 is 1.56 bits per heavy atom. The molecule has 0 unspecified atom stereocenters. The van der Waals surface area contributed by atoms with E-state index in [0.29, 0.717) is 0 Å². The maximum absolute atomic E-state index is 12.3. The van der Waals surface area contributed by atoms with Crippen LogP contribution in [0.3, 0.4) is 0 Å². The second-order valence-electron chi connectivity index (χ2n) is 9.06. The van der Waals surface area contributed by atoms with Crippen molar-refractivity contribution in [2.24, 2.45) is 0 Å². The maximum atomic E-state index is 12.3. The Hall–Kier alpha value is -3.36. The number of carbonyl (C=O) groups excluding carboxylic acids is 1. The Bertz CT molecular complexity index is 1040. The number of carboxylic acids is 1. The highest BCUT2D eigenvalue weighted by atomic mass is 16.7. The molecule has 178 valence electrons. The van der Waals surface area contributed by atoms with Gasteiger partial charge in [0.25, 0.3) is 0 Å². The van der Waals surface area contributed by atoms with Crippen LogP contribution in [0.4, 0.5) is 4.79 Å². The summed E-state index contributed by atoms with van der Waals surface area (Å²) in [6, 6.07) is 16.8. The van der Waals surface area contributed by atoms with Gasteiger partial charge in [-0.25, -0.2) is 9.59 Å². The number of rotatable bonds is 8. The first-order valence-electron chi connectivity index (χ1n) is 11.1. The monoisotopic (exact) mass is 463 g/mol. The van der Waals surface area contributed by atoms with E-state index in [4.69, 9.17) is 19.2 Å². The third kappa shape index (κ3) is 6.82. The van der Waals surface area contributed by atoms with Crippen molar-refractivity contribution in [1.82, 2.24) is 5.32 Å². The van der Waals surface area contributed by atoms with E-state index < -0.39 is 30.4 Å². The molecule has 0 radical (unpaired) electrons. The number of alkyl carbamates (subject to hydrolysis) is 1. The molecule has 2 N–H and O–H groups in total. The molecule has 2 aromatic rings. The largest absolute Gasteiger partial charge is 0.492 e. The molecular formula is C26H30BNO6. The Morgan fingerprint density at radius 1 is 0.971 bits per heavy atom. The lowest BCUT2D eigenvalue weighted by molar-refractivity contribution is -0.131. The third-order valence-corrected chi connectivity index (χ3v) is 5.91. The summed E-state index contributed by atoms with van der Waals surface area (Å²) in [5.41, 5.74) is 2.18. The van der Waals surface area contributed by atoms with Gasteiger partial charge in [0.2, 0.25) is 0 Å². The van der Waals surface area contributed by atoms with Gasteiger partial charge in [0.1, 0.15) is 6.61 Å². The minimum atomic E-state index is -1.00. The van der Waals surface area contributed by atoms with Gasteiger partial charge in [-0.2, -0.15) is 0 Å². The molecule has 0 aromatic heterocycles. The number of aliphatic carboxylic acids is 1. The predicted octanol–water partition coefficient (Wildman–Crippen LogP) is 4.73. The van der Waals surface area contributed by atoms with Crippen LogP contribution in [0.2, 0.25) is 0 Å². The SMILES string of the molecule is CC1(C)OB(C(=Cc2ccc(/C=C/C(=O)O)cc2)CNC(=O)OCc2ccccc2)OC1(C)C. The Labute approximate surface area is 200 Å². The van der Waals surface area contributed by atoms with Gasteiger partial charge in [-0.05, 0) is 55.9 Å². The lowest BCUT2D eigenvalue weighted by Crippen LogP contribution is -2.41. The fraction of sp³-hybridized carbons (Fsp3) is 0.308. The van der Waals surface area contributed by atoms with Crippen molar-refractivity contribution in [2.45, 2.75) is 45.5 Å². The van der Waals surface area contributed by atoms with Crippen LogP contribution in [0, 0.1) is 0 Å². The van der Waals surface area contributed by atoms with Crippen LogP contribution in [0.1, 0.15) is 44.4 Å². The molecule has 1 saturated heterocycles. The van der Waals surface area contributed by atoms with Crippen molar-refractivity contribution >= 4 is 31.3 Å². The molecular weight excluding hydrogens is 433 g/mol. The summed E-state index contributed by atoms with van der Waals surface area (Å²) in [5.74, 6) is -1.00. The van der Waals surface area contributed by atoms with Crippen LogP contribution >= 0.6 is 0 Å². The van der Waals surface area contributed by atoms with Gasteiger partial charge in [-0.1, -0.05) is 60.7 Å². The Kier molecular flexibility index (Phi) is 7.96. The number of ether oxygens (including phenoxy) is 1. The van der Waals surface area contributed by atoms with E-state index in [1.807, 2.05) is 88.4 Å². The Morgan fingerprint density at radius 3 is 2.15 bits per heavy atom. The molecule has 2 aromatic carbocycles. The van der Waals surface area contributed by atoms with E-state index in [0.717, 1.165) is 28.2 Å². The molecule has 8 heteroatoms. The summed E-state index contributed by atoms with van der Waals surface area (Å²) in [5, 5.41) is 11.6.